The van der Waals surface area contributed by atoms with E-state index < -0.39 is 6.03 Å². The van der Waals surface area contributed by atoms with Gasteiger partial charge in [0, 0.05) is 18.2 Å². The molecule has 1 aliphatic rings. The number of amides is 3. The maximum atomic E-state index is 13.7. The second-order valence-corrected chi connectivity index (χ2v) is 7.63. The largest absolute Gasteiger partial charge is 0.351 e. The van der Waals surface area contributed by atoms with Crippen molar-refractivity contribution < 1.29 is 14.0 Å². The summed E-state index contributed by atoms with van der Waals surface area (Å²) >= 11 is 1.15. The Morgan fingerprint density at radius 3 is 2.82 bits per heavy atom. The van der Waals surface area contributed by atoms with Gasteiger partial charge in [0.05, 0.1) is 10.6 Å². The van der Waals surface area contributed by atoms with Gasteiger partial charge in [0.1, 0.15) is 10.7 Å². The summed E-state index contributed by atoms with van der Waals surface area (Å²) in [6.07, 6.45) is 1.89. The van der Waals surface area contributed by atoms with Crippen molar-refractivity contribution in [2.45, 2.75) is 25.8 Å². The van der Waals surface area contributed by atoms with E-state index in [-0.39, 0.29) is 17.8 Å². The maximum absolute atomic E-state index is 13.7. The Labute approximate surface area is 166 Å². The Bertz CT molecular complexity index is 955. The number of benzene rings is 1. The van der Waals surface area contributed by atoms with Crippen LogP contribution < -0.4 is 21.7 Å². The van der Waals surface area contributed by atoms with Gasteiger partial charge in [0.2, 0.25) is 0 Å². The van der Waals surface area contributed by atoms with Crippen molar-refractivity contribution in [3.05, 3.63) is 51.0 Å². The molecule has 1 fully saturated rings. The molecule has 0 radical (unpaired) electrons. The highest BCUT2D eigenvalue weighted by Crippen LogP contribution is 2.27. The van der Waals surface area contributed by atoms with Gasteiger partial charge in [-0.1, -0.05) is 17.9 Å². The number of nitrogens with two attached hydrogens (primary N) is 1. The molecule has 28 heavy (non-hydrogen) atoms. The molecule has 2 heterocycles. The monoisotopic (exact) mass is 400 g/mol. The van der Waals surface area contributed by atoms with E-state index in [1.54, 1.807) is 25.1 Å². The molecular weight excluding hydrogens is 379 g/mol. The van der Waals surface area contributed by atoms with Crippen LogP contribution in [-0.4, -0.2) is 31.1 Å². The number of rotatable bonds is 3. The van der Waals surface area contributed by atoms with E-state index in [1.165, 1.54) is 6.07 Å². The third-order valence-electron chi connectivity index (χ3n) is 4.33. The molecule has 1 aliphatic heterocycles. The highest BCUT2D eigenvalue weighted by atomic mass is 32.1. The van der Waals surface area contributed by atoms with E-state index in [0.717, 1.165) is 30.7 Å². The van der Waals surface area contributed by atoms with E-state index in [1.807, 2.05) is 0 Å². The lowest BCUT2D eigenvalue weighted by Crippen LogP contribution is -2.45. The van der Waals surface area contributed by atoms with Gasteiger partial charge in [-0.05, 0) is 50.1 Å². The first kappa shape index (κ1) is 19.9. The topological polar surface area (TPSA) is 96.2 Å². The standard InChI is InChI=1S/C20H21FN4O2S/c1-12-4-5-13(9-16(12)21)6-7-15-10-17(25-20(22)27)18(28-15)19(26)24-14-3-2-8-23-11-14/h4-5,9-10,14,23H,2-3,8,11H2,1H3,(H,24,26)(H3,22,25,27)/t14-/m0/s1. The van der Waals surface area contributed by atoms with Gasteiger partial charge in [-0.2, -0.15) is 0 Å². The minimum absolute atomic E-state index is 0.0369. The fraction of sp³-hybridized carbons (Fsp3) is 0.300. The lowest BCUT2D eigenvalue weighted by Gasteiger charge is -2.23. The van der Waals surface area contributed by atoms with Crippen LogP contribution in [0.15, 0.2) is 24.3 Å². The molecule has 0 spiro atoms. The summed E-state index contributed by atoms with van der Waals surface area (Å²) in [5.41, 5.74) is 6.61. The van der Waals surface area contributed by atoms with Crippen molar-refractivity contribution in [1.29, 1.82) is 0 Å². The van der Waals surface area contributed by atoms with Crippen molar-refractivity contribution >= 4 is 29.0 Å². The summed E-state index contributed by atoms with van der Waals surface area (Å²) in [4.78, 5) is 24.9. The number of thiophene rings is 1. The first-order chi connectivity index (χ1) is 13.4. The molecule has 1 aromatic heterocycles. The average Bonchev–Trinajstić information content (AvgIpc) is 3.05. The van der Waals surface area contributed by atoms with Crippen LogP contribution in [0.5, 0.6) is 0 Å². The fourth-order valence-corrected chi connectivity index (χ4v) is 3.75. The maximum Gasteiger partial charge on any atom is 0.316 e. The van der Waals surface area contributed by atoms with Gasteiger partial charge < -0.3 is 21.7 Å². The zero-order valence-corrected chi connectivity index (χ0v) is 16.2. The molecule has 0 saturated carbocycles. The molecule has 6 nitrogen and oxygen atoms in total. The van der Waals surface area contributed by atoms with Crippen LogP contribution in [0.25, 0.3) is 0 Å². The van der Waals surface area contributed by atoms with Gasteiger partial charge in [-0.15, -0.1) is 11.3 Å². The molecule has 8 heteroatoms. The lowest BCUT2D eigenvalue weighted by atomic mass is 10.1. The number of aryl methyl sites for hydroxylation is 1. The van der Waals surface area contributed by atoms with Crippen LogP contribution in [0.4, 0.5) is 14.9 Å². The number of piperidine rings is 1. The Morgan fingerprint density at radius 1 is 1.32 bits per heavy atom. The van der Waals surface area contributed by atoms with Gasteiger partial charge in [0.15, 0.2) is 0 Å². The quantitative estimate of drug-likeness (QED) is 0.596. The molecule has 5 N–H and O–H groups in total. The van der Waals surface area contributed by atoms with Crippen LogP contribution in [0.2, 0.25) is 0 Å². The normalized spacial score (nSPS) is 16.0. The Hall–Kier alpha value is -2.89. The second kappa shape index (κ2) is 8.87. The average molecular weight is 400 g/mol. The molecule has 3 rings (SSSR count). The second-order valence-electron chi connectivity index (χ2n) is 6.57. The number of primary amides is 1. The SMILES string of the molecule is Cc1ccc(C#Cc2cc(NC(N)=O)c(C(=O)N[C@H]3CCCNC3)s2)cc1F. The molecule has 1 atom stereocenters. The molecule has 3 amide bonds. The van der Waals surface area contributed by atoms with E-state index in [0.29, 0.717) is 33.1 Å². The minimum Gasteiger partial charge on any atom is -0.351 e. The van der Waals surface area contributed by atoms with Crippen LogP contribution >= 0.6 is 11.3 Å². The predicted octanol–water partition coefficient (Wildman–Crippen LogP) is 2.57. The number of carbonyl (C=O) groups is 2. The third kappa shape index (κ3) is 5.09. The van der Waals surface area contributed by atoms with Gasteiger partial charge in [-0.25, -0.2) is 9.18 Å². The highest BCUT2D eigenvalue weighted by Gasteiger charge is 2.21. The zero-order valence-electron chi connectivity index (χ0n) is 15.4. The minimum atomic E-state index is -0.758. The summed E-state index contributed by atoms with van der Waals surface area (Å²) in [7, 11) is 0. The molecule has 2 aromatic rings. The van der Waals surface area contributed by atoms with Crippen LogP contribution in [0.3, 0.4) is 0 Å². The van der Waals surface area contributed by atoms with E-state index in [9.17, 15) is 14.0 Å². The summed E-state index contributed by atoms with van der Waals surface area (Å²) in [5, 5.41) is 8.68. The Kier molecular flexibility index (Phi) is 6.29. The van der Waals surface area contributed by atoms with Crippen molar-refractivity contribution in [2.24, 2.45) is 5.73 Å². The smallest absolute Gasteiger partial charge is 0.316 e. The Morgan fingerprint density at radius 2 is 2.14 bits per heavy atom. The molecule has 0 unspecified atom stereocenters. The molecule has 1 saturated heterocycles. The summed E-state index contributed by atoms with van der Waals surface area (Å²) in [5.74, 6) is 5.19. The molecule has 0 bridgehead atoms. The number of carbonyl (C=O) groups excluding carboxylic acids is 2. The first-order valence-electron chi connectivity index (χ1n) is 8.92. The number of anilines is 1. The number of hydrogen-bond acceptors (Lipinski definition) is 4. The zero-order chi connectivity index (χ0) is 20.1. The molecule has 1 aromatic carbocycles. The highest BCUT2D eigenvalue weighted by molar-refractivity contribution is 7.15. The van der Waals surface area contributed by atoms with Crippen molar-refractivity contribution in [3.63, 3.8) is 0 Å². The number of urea groups is 1. The summed E-state index contributed by atoms with van der Waals surface area (Å²) < 4.78 is 13.7. The third-order valence-corrected chi connectivity index (χ3v) is 5.38. The van der Waals surface area contributed by atoms with Crippen molar-refractivity contribution in [3.8, 4) is 11.8 Å². The van der Waals surface area contributed by atoms with E-state index in [4.69, 9.17) is 5.73 Å². The molecule has 146 valence electrons. The van der Waals surface area contributed by atoms with Crippen LogP contribution in [-0.2, 0) is 0 Å². The summed E-state index contributed by atoms with van der Waals surface area (Å²) in [6, 6.07) is 5.63. The molecular formula is C20H21FN4O2S. The Balaban J connectivity index is 1.83. The number of halogens is 1. The fourth-order valence-electron chi connectivity index (χ4n) is 2.88. The first-order valence-corrected chi connectivity index (χ1v) is 9.74. The van der Waals surface area contributed by atoms with E-state index in [2.05, 4.69) is 27.8 Å². The van der Waals surface area contributed by atoms with E-state index >= 15 is 0 Å². The number of hydrogen-bond donors (Lipinski definition) is 4. The van der Waals surface area contributed by atoms with Gasteiger partial charge in [0.25, 0.3) is 5.91 Å². The number of nitrogens with one attached hydrogen (secondary N) is 3. The predicted molar refractivity (Wildman–Crippen MR) is 108 cm³/mol. The van der Waals surface area contributed by atoms with Gasteiger partial charge in [-0.3, -0.25) is 4.79 Å². The molecule has 0 aliphatic carbocycles. The van der Waals surface area contributed by atoms with Crippen molar-refractivity contribution in [1.82, 2.24) is 10.6 Å². The van der Waals surface area contributed by atoms with Crippen LogP contribution in [0, 0.1) is 24.6 Å². The lowest BCUT2D eigenvalue weighted by molar-refractivity contribution is 0.0935. The van der Waals surface area contributed by atoms with Gasteiger partial charge >= 0.3 is 6.03 Å². The summed E-state index contributed by atoms with van der Waals surface area (Å²) in [6.45, 7) is 3.33. The van der Waals surface area contributed by atoms with Crippen LogP contribution in [0.1, 0.15) is 38.5 Å². The van der Waals surface area contributed by atoms with Crippen molar-refractivity contribution in [2.75, 3.05) is 18.4 Å².